The second-order valence-electron chi connectivity index (χ2n) is 10.4. The highest BCUT2D eigenvalue weighted by Crippen LogP contribution is 2.35. The summed E-state index contributed by atoms with van der Waals surface area (Å²) in [6.07, 6.45) is 8.11. The van der Waals surface area contributed by atoms with E-state index in [1.165, 1.54) is 17.5 Å². The molecule has 4 heterocycles. The van der Waals surface area contributed by atoms with Crippen LogP contribution in [0, 0.1) is 12.8 Å². The van der Waals surface area contributed by atoms with E-state index in [2.05, 4.69) is 15.4 Å². The number of hydrazine groups is 1. The van der Waals surface area contributed by atoms with E-state index in [4.69, 9.17) is 39.8 Å². The molecule has 0 aliphatic carbocycles. The molecule has 3 aromatic heterocycles. The minimum atomic E-state index is -0.423. The van der Waals surface area contributed by atoms with Gasteiger partial charge in [-0.1, -0.05) is 36.5 Å². The Hall–Kier alpha value is -4.19. The molecule has 218 valence electrons. The molecule has 4 aromatic rings. The molecule has 13 heteroatoms. The van der Waals surface area contributed by atoms with E-state index in [0.29, 0.717) is 58.2 Å². The van der Waals surface area contributed by atoms with Crippen molar-refractivity contribution in [2.75, 3.05) is 10.3 Å². The Bertz CT molecular complexity index is 1740. The monoisotopic (exact) mass is 607 g/mol. The third-order valence-corrected chi connectivity index (χ3v) is 7.80. The normalized spacial score (nSPS) is 17.6. The van der Waals surface area contributed by atoms with Crippen LogP contribution in [-0.2, 0) is 11.8 Å². The summed E-state index contributed by atoms with van der Waals surface area (Å²) in [5, 5.41) is 9.07. The van der Waals surface area contributed by atoms with E-state index in [9.17, 15) is 9.59 Å². The number of fused-ring (bicyclic) bond motifs is 4. The van der Waals surface area contributed by atoms with E-state index < -0.39 is 6.04 Å². The van der Waals surface area contributed by atoms with Gasteiger partial charge in [0.1, 0.15) is 5.16 Å². The van der Waals surface area contributed by atoms with Crippen molar-refractivity contribution in [3.8, 4) is 22.5 Å². The molecule has 2 unspecified atom stereocenters. The average molecular weight is 609 g/mol. The Morgan fingerprint density at radius 2 is 1.98 bits per heavy atom. The predicted molar refractivity (Wildman–Crippen MR) is 165 cm³/mol. The van der Waals surface area contributed by atoms with Crippen molar-refractivity contribution in [2.24, 2.45) is 24.5 Å². The number of halogens is 2. The molecule has 1 aliphatic heterocycles. The maximum atomic E-state index is 14.0. The Kier molecular flexibility index (Phi) is 8.35. The quantitative estimate of drug-likeness (QED) is 0.172. The van der Waals surface area contributed by atoms with Gasteiger partial charge in [-0.2, -0.15) is 5.10 Å². The van der Waals surface area contributed by atoms with Crippen LogP contribution in [0.2, 0.25) is 5.02 Å². The summed E-state index contributed by atoms with van der Waals surface area (Å²) in [5.74, 6) is 5.88. The summed E-state index contributed by atoms with van der Waals surface area (Å²) in [7, 11) is 1.82. The molecule has 5 N–H and O–H groups in total. The van der Waals surface area contributed by atoms with Gasteiger partial charge in [0.25, 0.3) is 5.56 Å². The molecule has 2 bridgehead atoms. The number of anilines is 2. The summed E-state index contributed by atoms with van der Waals surface area (Å²) in [4.78, 5) is 36.3. The molecule has 2 atom stereocenters. The molecule has 0 fully saturated rings. The minimum absolute atomic E-state index is 0.0132. The Labute approximate surface area is 252 Å². The van der Waals surface area contributed by atoms with Crippen molar-refractivity contribution in [3.05, 3.63) is 87.0 Å². The average Bonchev–Trinajstić information content (AvgIpc) is 3.31. The van der Waals surface area contributed by atoms with Crippen LogP contribution in [0.1, 0.15) is 43.5 Å². The lowest BCUT2D eigenvalue weighted by Crippen LogP contribution is -2.30. The number of hydrogen-bond donors (Lipinski definition) is 3. The van der Waals surface area contributed by atoms with Gasteiger partial charge in [-0.05, 0) is 50.1 Å². The molecule has 1 aromatic carbocycles. The van der Waals surface area contributed by atoms with E-state index >= 15 is 0 Å². The van der Waals surface area contributed by atoms with Crippen LogP contribution in [-0.4, -0.2) is 30.2 Å². The summed E-state index contributed by atoms with van der Waals surface area (Å²) in [6.45, 7) is 3.61. The second-order valence-corrected chi connectivity index (χ2v) is 11.2. The largest absolute Gasteiger partial charge is 0.388 e. The Morgan fingerprint density at radius 3 is 2.74 bits per heavy atom. The van der Waals surface area contributed by atoms with E-state index in [1.54, 1.807) is 46.8 Å². The van der Waals surface area contributed by atoms with Crippen molar-refractivity contribution < 1.29 is 4.79 Å². The summed E-state index contributed by atoms with van der Waals surface area (Å²) in [6, 6.07) is 8.43. The molecule has 1 amide bonds. The lowest BCUT2D eigenvalue weighted by molar-refractivity contribution is -0.119. The van der Waals surface area contributed by atoms with Gasteiger partial charge >= 0.3 is 0 Å². The van der Waals surface area contributed by atoms with E-state index in [1.807, 2.05) is 26.1 Å². The number of aromatic nitrogens is 5. The second kappa shape index (κ2) is 12.0. The topological polar surface area (TPSA) is 150 Å². The van der Waals surface area contributed by atoms with Crippen LogP contribution in [0.4, 0.5) is 11.4 Å². The lowest BCUT2D eigenvalue weighted by Gasteiger charge is -2.23. The van der Waals surface area contributed by atoms with Crippen molar-refractivity contribution in [2.45, 2.75) is 39.2 Å². The number of pyridine rings is 1. The third-order valence-electron chi connectivity index (χ3n) is 7.47. The number of rotatable bonds is 4. The molecular weight excluding hydrogens is 577 g/mol. The lowest BCUT2D eigenvalue weighted by atomic mass is 9.96. The standard InChI is InChI=1S/C29H31Cl2N9O2/c1-16-5-4-6-24(21-11-18(9-10-34-21)27-22(37-28(16)41)13-36-38(27)3)39-15-35-26(17(2)29(39)42)20-12-19(30)7-8-23(20)40(33)14-25(31)32/h7-16,24H,4-6,32-33H2,1-3H3,(H,37,41)/b25-14-. The highest BCUT2D eigenvalue weighted by Gasteiger charge is 2.25. The number of hydrogen-bond acceptors (Lipinski definition) is 8. The first-order valence-electron chi connectivity index (χ1n) is 13.4. The maximum Gasteiger partial charge on any atom is 0.257 e. The molecule has 0 saturated heterocycles. The smallest absolute Gasteiger partial charge is 0.257 e. The van der Waals surface area contributed by atoms with Crippen LogP contribution < -0.4 is 27.5 Å². The predicted octanol–water partition coefficient (Wildman–Crippen LogP) is 4.69. The van der Waals surface area contributed by atoms with Crippen molar-refractivity contribution in [3.63, 3.8) is 0 Å². The molecule has 0 spiro atoms. The molecule has 11 nitrogen and oxygen atoms in total. The van der Waals surface area contributed by atoms with E-state index in [0.717, 1.165) is 11.3 Å². The first-order chi connectivity index (χ1) is 20.0. The minimum Gasteiger partial charge on any atom is -0.388 e. The van der Waals surface area contributed by atoms with Gasteiger partial charge in [-0.25, -0.2) is 10.8 Å². The molecule has 0 radical (unpaired) electrons. The number of benzene rings is 1. The van der Waals surface area contributed by atoms with Gasteiger partial charge in [0.15, 0.2) is 0 Å². The number of nitrogens with two attached hydrogens (primary N) is 2. The third kappa shape index (κ3) is 5.76. The fraction of sp³-hybridized carbons (Fsp3) is 0.276. The summed E-state index contributed by atoms with van der Waals surface area (Å²) < 4.78 is 3.32. The molecule has 5 rings (SSSR count). The first kappa shape index (κ1) is 29.3. The SMILES string of the molecule is Cc1c(-c2cc(Cl)ccc2N(N)/C=C(\N)Cl)ncn(C2CCCC(C)C(=O)Nc3cnn(C)c3-c3ccnc2c3)c1=O. The van der Waals surface area contributed by atoms with Crippen LogP contribution in [0.3, 0.4) is 0 Å². The fourth-order valence-electron chi connectivity index (χ4n) is 5.27. The van der Waals surface area contributed by atoms with Gasteiger partial charge in [-0.3, -0.25) is 28.8 Å². The van der Waals surface area contributed by atoms with Gasteiger partial charge in [0, 0.05) is 40.9 Å². The number of carbonyl (C=O) groups excluding carboxylic acids is 1. The fourth-order valence-corrected chi connectivity index (χ4v) is 5.54. The van der Waals surface area contributed by atoms with Crippen molar-refractivity contribution in [1.82, 2.24) is 24.3 Å². The van der Waals surface area contributed by atoms with Crippen LogP contribution in [0.5, 0.6) is 0 Å². The first-order valence-corrected chi connectivity index (χ1v) is 14.1. The number of aryl methyl sites for hydroxylation is 1. The van der Waals surface area contributed by atoms with E-state index in [-0.39, 0.29) is 22.5 Å². The van der Waals surface area contributed by atoms with Gasteiger partial charge < -0.3 is 11.1 Å². The number of nitrogens with one attached hydrogen (secondary N) is 1. The summed E-state index contributed by atoms with van der Waals surface area (Å²) in [5.41, 5.74) is 10.2. The van der Waals surface area contributed by atoms with Gasteiger partial charge in [0.05, 0.1) is 53.2 Å². The molecule has 42 heavy (non-hydrogen) atoms. The number of amides is 1. The molecule has 1 aliphatic rings. The zero-order chi connectivity index (χ0) is 30.1. The van der Waals surface area contributed by atoms with Crippen LogP contribution in [0.25, 0.3) is 22.5 Å². The number of nitrogens with zero attached hydrogens (tertiary/aromatic N) is 6. The zero-order valence-corrected chi connectivity index (χ0v) is 24.9. The van der Waals surface area contributed by atoms with Crippen LogP contribution >= 0.6 is 23.2 Å². The highest BCUT2D eigenvalue weighted by atomic mass is 35.5. The van der Waals surface area contributed by atoms with Crippen LogP contribution in [0.15, 0.2) is 65.2 Å². The highest BCUT2D eigenvalue weighted by molar-refractivity contribution is 6.31. The molecule has 0 saturated carbocycles. The Morgan fingerprint density at radius 1 is 1.19 bits per heavy atom. The molecular formula is C29H31Cl2N9O2. The number of carbonyl (C=O) groups is 1. The van der Waals surface area contributed by atoms with Gasteiger partial charge in [-0.15, -0.1) is 0 Å². The van der Waals surface area contributed by atoms with Crippen molar-refractivity contribution in [1.29, 1.82) is 0 Å². The maximum absolute atomic E-state index is 14.0. The van der Waals surface area contributed by atoms with Gasteiger partial charge in [0.2, 0.25) is 5.91 Å². The Balaban J connectivity index is 1.63. The zero-order valence-electron chi connectivity index (χ0n) is 23.4. The summed E-state index contributed by atoms with van der Waals surface area (Å²) >= 11 is 12.2. The van der Waals surface area contributed by atoms with Crippen molar-refractivity contribution >= 4 is 40.5 Å².